The first-order chi connectivity index (χ1) is 12.6. The summed E-state index contributed by atoms with van der Waals surface area (Å²) in [4.78, 5) is 19.0. The van der Waals surface area contributed by atoms with E-state index >= 15 is 0 Å². The van der Waals surface area contributed by atoms with E-state index in [4.69, 9.17) is 9.26 Å². The molecule has 3 rings (SSSR count). The quantitative estimate of drug-likeness (QED) is 0.566. The highest BCUT2D eigenvalue weighted by atomic mass is 16.5. The van der Waals surface area contributed by atoms with Crippen molar-refractivity contribution in [2.24, 2.45) is 0 Å². The Morgan fingerprint density at radius 1 is 1.27 bits per heavy atom. The summed E-state index contributed by atoms with van der Waals surface area (Å²) in [6.07, 6.45) is 2.68. The summed E-state index contributed by atoms with van der Waals surface area (Å²) in [5.74, 6) is 1.46. The van der Waals surface area contributed by atoms with Crippen molar-refractivity contribution in [3.05, 3.63) is 24.4 Å². The van der Waals surface area contributed by atoms with Crippen molar-refractivity contribution < 1.29 is 19.5 Å². The molecule has 0 amide bonds. The number of methoxy groups -OCH3 is 1. The van der Waals surface area contributed by atoms with Crippen molar-refractivity contribution in [1.82, 2.24) is 29.7 Å². The van der Waals surface area contributed by atoms with Crippen LogP contribution >= 0.6 is 0 Å². The van der Waals surface area contributed by atoms with E-state index in [1.807, 2.05) is 18.9 Å². The van der Waals surface area contributed by atoms with E-state index in [-0.39, 0.29) is 19.3 Å². The van der Waals surface area contributed by atoms with Crippen molar-refractivity contribution in [2.75, 3.05) is 32.3 Å². The van der Waals surface area contributed by atoms with Gasteiger partial charge in [0, 0.05) is 14.2 Å². The first kappa shape index (κ1) is 18.2. The molecule has 0 radical (unpaired) electrons. The Morgan fingerprint density at radius 2 is 2.04 bits per heavy atom. The predicted octanol–water partition coefficient (Wildman–Crippen LogP) is 0.0788. The molecule has 26 heavy (non-hydrogen) atoms. The molecule has 11 heteroatoms. The molecule has 0 bridgehead atoms. The fourth-order valence-electron chi connectivity index (χ4n) is 2.50. The van der Waals surface area contributed by atoms with Crippen LogP contribution in [0.1, 0.15) is 30.8 Å². The number of anilines is 1. The third-order valence-electron chi connectivity index (χ3n) is 4.09. The SMILES string of the molecule is COC(C)c1noc(CN(C)c2ncnc3c2ncn3C(CO)CO)n1. The molecular weight excluding hydrogens is 342 g/mol. The number of hydrogen-bond donors (Lipinski definition) is 2. The minimum absolute atomic E-state index is 0.223. The zero-order chi connectivity index (χ0) is 18.7. The lowest BCUT2D eigenvalue weighted by molar-refractivity contribution is 0.109. The molecule has 2 N–H and O–H groups in total. The van der Waals surface area contributed by atoms with Gasteiger partial charge in [0.2, 0.25) is 5.89 Å². The van der Waals surface area contributed by atoms with Crippen LogP contribution in [0.5, 0.6) is 0 Å². The van der Waals surface area contributed by atoms with Gasteiger partial charge < -0.3 is 28.9 Å². The second kappa shape index (κ2) is 7.72. The van der Waals surface area contributed by atoms with Crippen LogP contribution in [-0.4, -0.2) is 67.2 Å². The maximum atomic E-state index is 9.40. The lowest BCUT2D eigenvalue weighted by Crippen LogP contribution is -2.19. The molecule has 0 aromatic carbocycles. The summed E-state index contributed by atoms with van der Waals surface area (Å²) in [6.45, 7) is 1.71. The molecule has 0 aliphatic carbocycles. The lowest BCUT2D eigenvalue weighted by Gasteiger charge is -2.16. The molecule has 1 atom stereocenters. The van der Waals surface area contributed by atoms with E-state index in [0.29, 0.717) is 35.2 Å². The highest BCUT2D eigenvalue weighted by Crippen LogP contribution is 2.24. The Labute approximate surface area is 149 Å². The van der Waals surface area contributed by atoms with E-state index in [2.05, 4.69) is 25.1 Å². The van der Waals surface area contributed by atoms with Gasteiger partial charge >= 0.3 is 0 Å². The van der Waals surface area contributed by atoms with E-state index in [0.717, 1.165) is 0 Å². The topological polar surface area (TPSA) is 135 Å². The first-order valence-corrected chi connectivity index (χ1v) is 8.04. The van der Waals surface area contributed by atoms with Gasteiger partial charge in [0.05, 0.1) is 32.1 Å². The van der Waals surface area contributed by atoms with Crippen molar-refractivity contribution in [3.8, 4) is 0 Å². The zero-order valence-corrected chi connectivity index (χ0v) is 14.8. The molecule has 11 nitrogen and oxygen atoms in total. The number of aliphatic hydroxyl groups is 2. The monoisotopic (exact) mass is 363 g/mol. The fourth-order valence-corrected chi connectivity index (χ4v) is 2.50. The normalized spacial score (nSPS) is 12.8. The smallest absolute Gasteiger partial charge is 0.246 e. The van der Waals surface area contributed by atoms with Gasteiger partial charge in [0.15, 0.2) is 22.8 Å². The van der Waals surface area contributed by atoms with Crippen LogP contribution in [-0.2, 0) is 11.3 Å². The summed E-state index contributed by atoms with van der Waals surface area (Å²) >= 11 is 0. The average molecular weight is 363 g/mol. The molecule has 3 aromatic rings. The molecule has 0 spiro atoms. The third-order valence-corrected chi connectivity index (χ3v) is 4.09. The molecule has 0 aliphatic rings. The van der Waals surface area contributed by atoms with E-state index < -0.39 is 6.04 Å². The van der Waals surface area contributed by atoms with Gasteiger partial charge in [0.25, 0.3) is 0 Å². The van der Waals surface area contributed by atoms with Crippen LogP contribution in [0.4, 0.5) is 5.82 Å². The van der Waals surface area contributed by atoms with Gasteiger partial charge in [-0.2, -0.15) is 4.98 Å². The number of hydrogen-bond acceptors (Lipinski definition) is 10. The number of rotatable bonds is 8. The summed E-state index contributed by atoms with van der Waals surface area (Å²) in [6, 6.07) is -0.512. The highest BCUT2D eigenvalue weighted by Gasteiger charge is 2.20. The first-order valence-electron chi connectivity index (χ1n) is 8.04. The van der Waals surface area contributed by atoms with Gasteiger partial charge in [0.1, 0.15) is 12.4 Å². The van der Waals surface area contributed by atoms with Crippen molar-refractivity contribution in [3.63, 3.8) is 0 Å². The van der Waals surface area contributed by atoms with E-state index in [1.54, 1.807) is 11.7 Å². The average Bonchev–Trinajstić information content (AvgIpc) is 3.29. The molecule has 0 fully saturated rings. The maximum Gasteiger partial charge on any atom is 0.246 e. The molecule has 3 aromatic heterocycles. The molecule has 3 heterocycles. The predicted molar refractivity (Wildman–Crippen MR) is 90.4 cm³/mol. The van der Waals surface area contributed by atoms with Crippen LogP contribution in [0.3, 0.4) is 0 Å². The summed E-state index contributed by atoms with van der Waals surface area (Å²) in [5.41, 5.74) is 1.07. The Hall–Kier alpha value is -2.63. The highest BCUT2D eigenvalue weighted by molar-refractivity contribution is 5.83. The lowest BCUT2D eigenvalue weighted by atomic mass is 10.3. The second-order valence-corrected chi connectivity index (χ2v) is 5.82. The summed E-state index contributed by atoms with van der Waals surface area (Å²) in [7, 11) is 3.40. The second-order valence-electron chi connectivity index (χ2n) is 5.82. The summed E-state index contributed by atoms with van der Waals surface area (Å²) in [5, 5.41) is 22.7. The van der Waals surface area contributed by atoms with Crippen molar-refractivity contribution >= 4 is 17.0 Å². The van der Waals surface area contributed by atoms with Gasteiger partial charge in [-0.05, 0) is 6.92 Å². The number of aliphatic hydroxyl groups excluding tert-OH is 2. The van der Waals surface area contributed by atoms with E-state index in [1.165, 1.54) is 12.7 Å². The standard InChI is InChI=1S/C15H21N7O4/c1-9(25-3)13-19-11(26-20-13)4-21(2)14-12-15(17-7-16-14)22(8-18-12)10(5-23)6-24/h7-10,23-24H,4-6H2,1-3H3. The van der Waals surface area contributed by atoms with Crippen LogP contribution in [0.25, 0.3) is 11.2 Å². The van der Waals surface area contributed by atoms with Crippen LogP contribution < -0.4 is 4.90 Å². The molecule has 0 saturated carbocycles. The minimum Gasteiger partial charge on any atom is -0.394 e. The zero-order valence-electron chi connectivity index (χ0n) is 14.8. The summed E-state index contributed by atoms with van der Waals surface area (Å²) < 4.78 is 12.0. The fraction of sp³-hybridized carbons (Fsp3) is 0.533. The van der Waals surface area contributed by atoms with Gasteiger partial charge in [-0.3, -0.25) is 0 Å². The number of ether oxygens (including phenoxy) is 1. The van der Waals surface area contributed by atoms with Gasteiger partial charge in [-0.25, -0.2) is 15.0 Å². The Bertz CT molecular complexity index is 861. The Morgan fingerprint density at radius 3 is 2.73 bits per heavy atom. The van der Waals surface area contributed by atoms with Crippen molar-refractivity contribution in [2.45, 2.75) is 25.6 Å². The third kappa shape index (κ3) is 3.36. The van der Waals surface area contributed by atoms with E-state index in [9.17, 15) is 10.2 Å². The van der Waals surface area contributed by atoms with Crippen LogP contribution in [0.2, 0.25) is 0 Å². The number of imidazole rings is 1. The molecule has 0 saturated heterocycles. The van der Waals surface area contributed by atoms with Crippen LogP contribution in [0.15, 0.2) is 17.2 Å². The number of fused-ring (bicyclic) bond motifs is 1. The number of nitrogens with zero attached hydrogens (tertiary/aromatic N) is 7. The molecule has 0 aliphatic heterocycles. The maximum absolute atomic E-state index is 9.40. The largest absolute Gasteiger partial charge is 0.394 e. The molecule has 140 valence electrons. The van der Waals surface area contributed by atoms with Crippen molar-refractivity contribution in [1.29, 1.82) is 0 Å². The molecular formula is C15H21N7O4. The Kier molecular flexibility index (Phi) is 5.40. The number of aromatic nitrogens is 6. The Balaban J connectivity index is 1.86. The van der Waals surface area contributed by atoms with Gasteiger partial charge in [-0.1, -0.05) is 5.16 Å². The minimum atomic E-state index is -0.512. The molecule has 1 unspecified atom stereocenters. The van der Waals surface area contributed by atoms with Gasteiger partial charge in [-0.15, -0.1) is 0 Å². The van der Waals surface area contributed by atoms with Crippen LogP contribution in [0, 0.1) is 0 Å².